The van der Waals surface area contributed by atoms with E-state index in [-0.39, 0.29) is 11.2 Å². The van der Waals surface area contributed by atoms with Crippen LogP contribution in [0.1, 0.15) is 26.7 Å². The van der Waals surface area contributed by atoms with Gasteiger partial charge in [-0.2, -0.15) is 12.6 Å². The third-order valence-electron chi connectivity index (χ3n) is 1.52. The number of thiol groups is 1. The highest BCUT2D eigenvalue weighted by atomic mass is 32.1. The Kier molecular flexibility index (Phi) is 4.52. The fourth-order valence-electron chi connectivity index (χ4n) is 0.676. The van der Waals surface area contributed by atoms with Gasteiger partial charge in [-0.15, -0.1) is 0 Å². The van der Waals surface area contributed by atoms with Gasteiger partial charge in [-0.25, -0.2) is 0 Å². The molecular weight excluding hydrogens is 148 g/mol. The summed E-state index contributed by atoms with van der Waals surface area (Å²) >= 11 is 4.20. The zero-order valence-corrected chi connectivity index (χ0v) is 7.27. The van der Waals surface area contributed by atoms with Gasteiger partial charge >= 0.3 is 5.97 Å². The molecule has 0 aromatic rings. The Bertz CT molecular complexity index is 114. The first-order valence-corrected chi connectivity index (χ1v) is 4.00. The maximum atomic E-state index is 10.3. The van der Waals surface area contributed by atoms with Gasteiger partial charge in [-0.3, -0.25) is 4.79 Å². The Hall–Kier alpha value is -0.180. The number of hydrogen-bond acceptors (Lipinski definition) is 2. The maximum absolute atomic E-state index is 10.3. The minimum Gasteiger partial charge on any atom is -0.481 e. The molecule has 0 aromatic heterocycles. The minimum absolute atomic E-state index is 0.228. The molecule has 0 bridgehead atoms. The van der Waals surface area contributed by atoms with Crippen molar-refractivity contribution in [1.82, 2.24) is 0 Å². The van der Waals surface area contributed by atoms with Gasteiger partial charge in [-0.05, 0) is 12.8 Å². The fourth-order valence-corrected chi connectivity index (χ4v) is 0.992. The largest absolute Gasteiger partial charge is 0.481 e. The Morgan fingerprint density at radius 2 is 2.20 bits per heavy atom. The van der Waals surface area contributed by atoms with E-state index in [4.69, 9.17) is 5.11 Å². The Balaban J connectivity index is 3.56. The lowest BCUT2D eigenvalue weighted by Gasteiger charge is -2.09. The van der Waals surface area contributed by atoms with Crippen molar-refractivity contribution in [2.24, 2.45) is 5.92 Å². The summed E-state index contributed by atoms with van der Waals surface area (Å²) < 4.78 is 0. The van der Waals surface area contributed by atoms with Gasteiger partial charge in [0.2, 0.25) is 0 Å². The lowest BCUT2D eigenvalue weighted by atomic mass is 10.0. The van der Waals surface area contributed by atoms with E-state index >= 15 is 0 Å². The fraction of sp³-hybridized carbons (Fsp3) is 0.857. The maximum Gasteiger partial charge on any atom is 0.306 e. The molecule has 0 aromatic carbocycles. The average molecular weight is 162 g/mol. The molecule has 0 radical (unpaired) electrons. The Morgan fingerprint density at radius 1 is 1.70 bits per heavy atom. The standard InChI is InChI=1S/C7H14O2S/c1-3-6(10)4-5(2)7(8)9/h5-6,10H,3-4H2,1-2H3,(H,8,9). The molecule has 0 saturated carbocycles. The number of carboxylic acids is 1. The van der Waals surface area contributed by atoms with E-state index in [1.54, 1.807) is 6.92 Å². The summed E-state index contributed by atoms with van der Waals surface area (Å²) in [6, 6.07) is 0. The summed E-state index contributed by atoms with van der Waals surface area (Å²) in [5.41, 5.74) is 0. The molecule has 0 rings (SSSR count). The minimum atomic E-state index is -0.729. The van der Waals surface area contributed by atoms with E-state index in [9.17, 15) is 4.79 Å². The van der Waals surface area contributed by atoms with Crippen LogP contribution in [-0.2, 0) is 4.79 Å². The summed E-state index contributed by atoms with van der Waals surface area (Å²) in [6.07, 6.45) is 1.59. The Morgan fingerprint density at radius 3 is 2.50 bits per heavy atom. The molecule has 0 fully saturated rings. The highest BCUT2D eigenvalue weighted by Gasteiger charge is 2.13. The molecule has 0 spiro atoms. The van der Waals surface area contributed by atoms with E-state index < -0.39 is 5.97 Å². The van der Waals surface area contributed by atoms with Gasteiger partial charge in [0, 0.05) is 5.25 Å². The van der Waals surface area contributed by atoms with E-state index in [0.29, 0.717) is 6.42 Å². The van der Waals surface area contributed by atoms with E-state index in [1.807, 2.05) is 6.92 Å². The van der Waals surface area contributed by atoms with Gasteiger partial charge in [-0.1, -0.05) is 13.8 Å². The van der Waals surface area contributed by atoms with Crippen LogP contribution in [0, 0.1) is 5.92 Å². The topological polar surface area (TPSA) is 37.3 Å². The summed E-state index contributed by atoms with van der Waals surface area (Å²) in [5, 5.41) is 8.72. The van der Waals surface area contributed by atoms with Crippen LogP contribution in [0.4, 0.5) is 0 Å². The van der Waals surface area contributed by atoms with Crippen LogP contribution < -0.4 is 0 Å². The van der Waals surface area contributed by atoms with Crippen LogP contribution in [0.25, 0.3) is 0 Å². The molecule has 10 heavy (non-hydrogen) atoms. The van der Waals surface area contributed by atoms with Crippen molar-refractivity contribution < 1.29 is 9.90 Å². The van der Waals surface area contributed by atoms with Crippen LogP contribution in [0.2, 0.25) is 0 Å². The first kappa shape index (κ1) is 9.82. The summed E-state index contributed by atoms with van der Waals surface area (Å²) in [5.74, 6) is -0.991. The molecule has 0 amide bonds. The van der Waals surface area contributed by atoms with Gasteiger partial charge in [0.05, 0.1) is 5.92 Å². The van der Waals surface area contributed by atoms with Crippen LogP contribution in [0.3, 0.4) is 0 Å². The van der Waals surface area contributed by atoms with Crippen molar-refractivity contribution in [3.63, 3.8) is 0 Å². The zero-order chi connectivity index (χ0) is 8.15. The number of hydrogen-bond donors (Lipinski definition) is 2. The van der Waals surface area contributed by atoms with Crippen LogP contribution in [0.5, 0.6) is 0 Å². The molecule has 0 aliphatic rings. The lowest BCUT2D eigenvalue weighted by molar-refractivity contribution is -0.141. The van der Waals surface area contributed by atoms with Crippen molar-refractivity contribution in [2.45, 2.75) is 31.9 Å². The second-order valence-corrected chi connectivity index (χ2v) is 3.27. The highest BCUT2D eigenvalue weighted by Crippen LogP contribution is 2.13. The van der Waals surface area contributed by atoms with Gasteiger partial charge in [0.1, 0.15) is 0 Å². The van der Waals surface area contributed by atoms with Crippen molar-refractivity contribution in [2.75, 3.05) is 0 Å². The normalized spacial score (nSPS) is 16.3. The number of carbonyl (C=O) groups is 1. The molecule has 60 valence electrons. The number of carboxylic acid groups (broad SMARTS) is 1. The predicted molar refractivity (Wildman–Crippen MR) is 44.5 cm³/mol. The lowest BCUT2D eigenvalue weighted by Crippen LogP contribution is -2.14. The Labute approximate surface area is 67.0 Å². The van der Waals surface area contributed by atoms with E-state index in [0.717, 1.165) is 6.42 Å². The molecule has 0 heterocycles. The first-order valence-electron chi connectivity index (χ1n) is 3.48. The molecule has 2 nitrogen and oxygen atoms in total. The summed E-state index contributed by atoms with van der Waals surface area (Å²) in [7, 11) is 0. The molecule has 0 aliphatic carbocycles. The van der Waals surface area contributed by atoms with Crippen LogP contribution in [0.15, 0.2) is 0 Å². The van der Waals surface area contributed by atoms with Gasteiger partial charge in [0.25, 0.3) is 0 Å². The molecule has 3 heteroatoms. The molecule has 2 unspecified atom stereocenters. The molecule has 1 N–H and O–H groups in total. The van der Waals surface area contributed by atoms with Crippen molar-refractivity contribution in [1.29, 1.82) is 0 Å². The summed E-state index contributed by atoms with van der Waals surface area (Å²) in [6.45, 7) is 3.72. The molecule has 0 aliphatic heterocycles. The third kappa shape index (κ3) is 3.77. The second kappa shape index (κ2) is 4.61. The van der Waals surface area contributed by atoms with Gasteiger partial charge in [0.15, 0.2) is 0 Å². The van der Waals surface area contributed by atoms with Crippen molar-refractivity contribution in [3.8, 4) is 0 Å². The van der Waals surface area contributed by atoms with Crippen molar-refractivity contribution >= 4 is 18.6 Å². The smallest absolute Gasteiger partial charge is 0.306 e. The van der Waals surface area contributed by atoms with Crippen molar-refractivity contribution in [3.05, 3.63) is 0 Å². The molecule has 0 saturated heterocycles. The molecular formula is C7H14O2S. The monoisotopic (exact) mass is 162 g/mol. The first-order chi connectivity index (χ1) is 4.57. The predicted octanol–water partition coefficient (Wildman–Crippen LogP) is 1.81. The average Bonchev–Trinajstić information content (AvgIpc) is 1.87. The summed E-state index contributed by atoms with van der Waals surface area (Å²) in [4.78, 5) is 10.3. The highest BCUT2D eigenvalue weighted by molar-refractivity contribution is 7.80. The number of aliphatic carboxylic acids is 1. The number of rotatable bonds is 4. The molecule has 2 atom stereocenters. The van der Waals surface area contributed by atoms with Crippen LogP contribution >= 0.6 is 12.6 Å². The van der Waals surface area contributed by atoms with E-state index in [1.165, 1.54) is 0 Å². The van der Waals surface area contributed by atoms with Crippen LogP contribution in [-0.4, -0.2) is 16.3 Å². The second-order valence-electron chi connectivity index (χ2n) is 2.54. The van der Waals surface area contributed by atoms with E-state index in [2.05, 4.69) is 12.6 Å². The third-order valence-corrected chi connectivity index (χ3v) is 2.09. The van der Waals surface area contributed by atoms with Gasteiger partial charge < -0.3 is 5.11 Å². The zero-order valence-electron chi connectivity index (χ0n) is 6.37. The quantitative estimate of drug-likeness (QED) is 0.618. The SMILES string of the molecule is CCC(S)CC(C)C(=O)O.